The third kappa shape index (κ3) is 21.9. The number of rotatable bonds is 21. The van der Waals surface area contributed by atoms with Gasteiger partial charge in [-0.3, -0.25) is 14.4 Å². The van der Waals surface area contributed by atoms with Crippen molar-refractivity contribution >= 4 is 29.5 Å². The number of piperidine rings is 1. The lowest BCUT2D eigenvalue weighted by molar-refractivity contribution is -0.265. The largest absolute Gasteiger partial charge is 0.460 e. The highest BCUT2D eigenvalue weighted by molar-refractivity contribution is 6.39. The molecular weight excluding hydrogens is 1050 g/mol. The fraction of sp³-hybridized carbons (Fsp3) is 0.783. The van der Waals surface area contributed by atoms with E-state index < -0.39 is 108 Å². The highest BCUT2D eigenvalue weighted by Crippen LogP contribution is 2.37. The van der Waals surface area contributed by atoms with Crippen LogP contribution in [0.4, 0.5) is 4.79 Å². The van der Waals surface area contributed by atoms with Gasteiger partial charge in [-0.1, -0.05) is 64.2 Å². The van der Waals surface area contributed by atoms with Gasteiger partial charge in [0.25, 0.3) is 11.7 Å². The molecule has 1 unspecified atom stereocenters. The van der Waals surface area contributed by atoms with E-state index in [0.717, 1.165) is 10.5 Å². The van der Waals surface area contributed by atoms with Crippen LogP contribution in [-0.2, 0) is 66.5 Å². The van der Waals surface area contributed by atoms with Crippen molar-refractivity contribution in [2.75, 3.05) is 87.8 Å². The Hall–Kier alpha value is -3.97. The summed E-state index contributed by atoms with van der Waals surface area (Å²) in [6, 6.07) is -2.03. The molecule has 1 aliphatic carbocycles. The molecule has 0 aromatic carbocycles. The van der Waals surface area contributed by atoms with Gasteiger partial charge in [-0.15, -0.1) is 0 Å². The molecule has 0 aromatic heterocycles. The number of nitrogens with one attached hydrogen (secondary N) is 1. The van der Waals surface area contributed by atoms with Gasteiger partial charge < -0.3 is 78.6 Å². The van der Waals surface area contributed by atoms with Crippen LogP contribution < -0.4 is 11.1 Å². The van der Waals surface area contributed by atoms with E-state index in [2.05, 4.69) is 5.32 Å². The van der Waals surface area contributed by atoms with E-state index >= 15 is 0 Å². The SMILES string of the molecule is COCCOCCOCCOCCNC(=O)O[C@@H]1CC[C@@H](C[C@@H](N)[C@@H](O)C[C@H]2OC(=O)[C@@H]3CCCCN3C(=O)C(=O)[C@]3(O)O[C@@H](CC[C@H]3C)C[C@H](OC)/C(C)=C/C=C/C=C/[C@@H](C)CC(C)C(=O)[C@H](OC)[C@H](O)/C(C)=C/[C@H]2C)C[C@H]1OC. The first-order chi connectivity index (χ1) is 38.7. The molecule has 462 valence electrons. The van der Waals surface area contributed by atoms with Crippen LogP contribution in [0, 0.1) is 29.6 Å². The average Bonchev–Trinajstić information content (AvgIpc) is 3.58. The van der Waals surface area contributed by atoms with Crippen molar-refractivity contribution < 1.29 is 86.7 Å². The summed E-state index contributed by atoms with van der Waals surface area (Å²) in [4.78, 5) is 71.2. The summed E-state index contributed by atoms with van der Waals surface area (Å²) in [6.07, 6.45) is 8.34. The summed E-state index contributed by atoms with van der Waals surface area (Å²) in [5, 5.41) is 38.4. The van der Waals surface area contributed by atoms with E-state index in [9.17, 15) is 39.3 Å². The number of nitrogens with two attached hydrogens (primary N) is 1. The van der Waals surface area contributed by atoms with Gasteiger partial charge in [0, 0.05) is 78.2 Å². The first kappa shape index (κ1) is 69.5. The summed E-state index contributed by atoms with van der Waals surface area (Å²) in [5.74, 6) is -7.78. The molecule has 0 aromatic rings. The molecule has 2 saturated heterocycles. The molecule has 2 amide bonds. The lowest BCUT2D eigenvalue weighted by Crippen LogP contribution is -2.61. The van der Waals surface area contributed by atoms with E-state index in [1.165, 1.54) is 7.11 Å². The van der Waals surface area contributed by atoms with Gasteiger partial charge in [0.15, 0.2) is 5.78 Å². The number of aliphatic hydroxyl groups excluding tert-OH is 2. The summed E-state index contributed by atoms with van der Waals surface area (Å²) < 4.78 is 56.8. The number of esters is 1. The van der Waals surface area contributed by atoms with Gasteiger partial charge in [-0.05, 0) is 101 Å². The number of alkyl carbamates (subject to hydrolysis) is 1. The number of carbonyl (C=O) groups excluding carboxylic acids is 5. The Bertz CT molecular complexity index is 2070. The normalized spacial score (nSPS) is 34.7. The fourth-order valence-corrected chi connectivity index (χ4v) is 11.3. The van der Waals surface area contributed by atoms with Crippen molar-refractivity contribution in [3.05, 3.63) is 47.6 Å². The summed E-state index contributed by atoms with van der Waals surface area (Å²) >= 11 is 0. The zero-order valence-corrected chi connectivity index (χ0v) is 50.0. The van der Waals surface area contributed by atoms with Crippen LogP contribution in [0.25, 0.3) is 0 Å². The van der Waals surface area contributed by atoms with Crippen LogP contribution in [-0.4, -0.2) is 204 Å². The second-order valence-electron chi connectivity index (χ2n) is 22.6. The van der Waals surface area contributed by atoms with E-state index in [1.807, 2.05) is 44.2 Å². The summed E-state index contributed by atoms with van der Waals surface area (Å²) in [5.41, 5.74) is 8.01. The molecule has 4 rings (SSSR count). The number of nitrogens with zero attached hydrogens (tertiary/aromatic N) is 1. The smallest absolute Gasteiger partial charge is 0.407 e. The molecule has 6 N–H and O–H groups in total. The van der Waals surface area contributed by atoms with Crippen molar-refractivity contribution in [1.82, 2.24) is 10.2 Å². The number of allylic oxidation sites excluding steroid dienone is 5. The Morgan fingerprint density at radius 3 is 2.16 bits per heavy atom. The van der Waals surface area contributed by atoms with Gasteiger partial charge in [-0.25, -0.2) is 9.59 Å². The molecule has 0 radical (unpaired) electrons. The van der Waals surface area contributed by atoms with E-state index in [4.69, 9.17) is 53.1 Å². The van der Waals surface area contributed by atoms with Crippen molar-refractivity contribution in [1.29, 1.82) is 0 Å². The number of Topliss-reactive ketones (excluding diaryl/α,β-unsaturated/α-hetero) is 2. The first-order valence-electron chi connectivity index (χ1n) is 29.3. The zero-order valence-electron chi connectivity index (χ0n) is 50.0. The van der Waals surface area contributed by atoms with Crippen LogP contribution in [0.2, 0.25) is 0 Å². The number of ketones is 2. The number of methoxy groups -OCH3 is 4. The highest BCUT2D eigenvalue weighted by atomic mass is 16.6. The molecule has 4 aliphatic rings. The lowest BCUT2D eigenvalue weighted by Gasteiger charge is -2.42. The van der Waals surface area contributed by atoms with Crippen molar-refractivity contribution in [3.63, 3.8) is 0 Å². The molecule has 21 nitrogen and oxygen atoms in total. The Morgan fingerprint density at radius 2 is 1.49 bits per heavy atom. The highest BCUT2D eigenvalue weighted by Gasteiger charge is 2.53. The van der Waals surface area contributed by atoms with Crippen LogP contribution in [0.3, 0.4) is 0 Å². The second-order valence-corrected chi connectivity index (χ2v) is 22.6. The average molecular weight is 1150 g/mol. The van der Waals surface area contributed by atoms with Crippen molar-refractivity contribution in [2.24, 2.45) is 35.3 Å². The van der Waals surface area contributed by atoms with Gasteiger partial charge in [0.2, 0.25) is 5.79 Å². The minimum absolute atomic E-state index is 0.00638. The third-order valence-corrected chi connectivity index (χ3v) is 16.3. The Kier molecular flexibility index (Phi) is 30.9. The Labute approximate surface area is 480 Å². The molecule has 0 spiro atoms. The molecule has 1 saturated carbocycles. The molecule has 2 bridgehead atoms. The number of fused-ring (bicyclic) bond motifs is 3. The summed E-state index contributed by atoms with van der Waals surface area (Å²) in [6.45, 7) is 14.0. The molecule has 3 heterocycles. The van der Waals surface area contributed by atoms with E-state index in [0.29, 0.717) is 109 Å². The predicted molar refractivity (Wildman–Crippen MR) is 302 cm³/mol. The van der Waals surface area contributed by atoms with E-state index in [-0.39, 0.29) is 50.2 Å². The van der Waals surface area contributed by atoms with Gasteiger partial charge >= 0.3 is 12.1 Å². The third-order valence-electron chi connectivity index (χ3n) is 16.3. The Balaban J connectivity index is 1.51. The van der Waals surface area contributed by atoms with Crippen LogP contribution in [0.5, 0.6) is 0 Å². The second kappa shape index (κ2) is 36.0. The van der Waals surface area contributed by atoms with Crippen LogP contribution in [0.1, 0.15) is 119 Å². The minimum Gasteiger partial charge on any atom is -0.460 e. The van der Waals surface area contributed by atoms with Crippen LogP contribution in [0.15, 0.2) is 47.6 Å². The van der Waals surface area contributed by atoms with Gasteiger partial charge in [0.05, 0.1) is 70.7 Å². The number of aliphatic hydroxyl groups is 3. The zero-order chi connectivity index (χ0) is 59.6. The van der Waals surface area contributed by atoms with Crippen molar-refractivity contribution in [2.45, 2.75) is 185 Å². The fourth-order valence-electron chi connectivity index (χ4n) is 11.3. The Morgan fingerprint density at radius 1 is 0.802 bits per heavy atom. The van der Waals surface area contributed by atoms with Crippen LogP contribution >= 0.6 is 0 Å². The molecule has 16 atom stereocenters. The lowest BCUT2D eigenvalue weighted by atomic mass is 9.80. The van der Waals surface area contributed by atoms with Gasteiger partial charge in [-0.2, -0.15) is 0 Å². The summed E-state index contributed by atoms with van der Waals surface area (Å²) in [7, 11) is 6.09. The molecule has 3 aliphatic heterocycles. The quantitative estimate of drug-likeness (QED) is 0.0433. The molecule has 81 heavy (non-hydrogen) atoms. The monoisotopic (exact) mass is 1150 g/mol. The first-order valence-corrected chi connectivity index (χ1v) is 29.3. The number of carbonyl (C=O) groups is 5. The minimum atomic E-state index is -2.47. The number of amides is 2. The van der Waals surface area contributed by atoms with Crippen molar-refractivity contribution in [3.8, 4) is 0 Å². The van der Waals surface area contributed by atoms with Gasteiger partial charge in [0.1, 0.15) is 30.5 Å². The molecular formula is C60H99N3O18. The predicted octanol–water partition coefficient (Wildman–Crippen LogP) is 5.09. The number of cyclic esters (lactones) is 1. The number of hydrogen-bond acceptors (Lipinski definition) is 19. The molecule has 21 heteroatoms. The number of hydrogen-bond donors (Lipinski definition) is 5. The van der Waals surface area contributed by atoms with E-state index in [1.54, 1.807) is 55.1 Å². The number of ether oxygens (including phenoxy) is 10. The maximum absolute atomic E-state index is 14.6. The maximum atomic E-state index is 14.6. The standard InChI is InChI=1S/C60H99N3O18/c1-38-16-12-11-13-17-39(2)50(73-8)36-45-21-19-43(6)60(71,81-45)56(67)57(68)63-24-15-14-18-47(63)58(69)79-51(40(3)33-42(5)54(66)55(75-10)53(65)41(4)32-38)37-48(64)46(61)34-44-20-22-49(52(35-44)74-9)80-59(70)62-23-25-76-28-29-78-31-30-77-27-26-72-7/h11-13,16-17,33,38,40-41,43-52,54-55,64,66,71H,14-15,18-32,34-37,61H2,1-10H3,(H,62,70)/b13-11+,16-12+,39-17+,42-33+/t38-,40-,41?,43-,44+,45+,46-,47+,48+,49-,50+,51-,52-,54-,55+,60-/m1/s1. The molecule has 3 fully saturated rings. The topological polar surface area (TPSA) is 280 Å². The maximum Gasteiger partial charge on any atom is 0.407 e.